The van der Waals surface area contributed by atoms with Crippen LogP contribution in [0.25, 0.3) is 0 Å². The molecule has 0 bridgehead atoms. The molecule has 1 aliphatic heterocycles. The Morgan fingerprint density at radius 3 is 2.37 bits per heavy atom. The maximum absolute atomic E-state index is 13.3. The lowest BCUT2D eigenvalue weighted by atomic mass is 10.1. The Hall–Kier alpha value is -2.54. The molecule has 1 amide bonds. The van der Waals surface area contributed by atoms with Gasteiger partial charge in [0.2, 0.25) is 0 Å². The van der Waals surface area contributed by atoms with Crippen molar-refractivity contribution < 1.29 is 17.9 Å². The first kappa shape index (κ1) is 19.2. The number of hydrogen-bond donors (Lipinski definition) is 1. The molecule has 27 heavy (non-hydrogen) atoms. The Labute approximate surface area is 160 Å². The molecular formula is C20H24N2O4S. The van der Waals surface area contributed by atoms with E-state index in [2.05, 4.69) is 5.32 Å². The predicted molar refractivity (Wildman–Crippen MR) is 105 cm³/mol. The fraction of sp³-hybridized carbons (Fsp3) is 0.350. The fourth-order valence-corrected chi connectivity index (χ4v) is 4.42. The number of rotatable bonds is 4. The highest BCUT2D eigenvalue weighted by Crippen LogP contribution is 2.37. The highest BCUT2D eigenvalue weighted by molar-refractivity contribution is 7.92. The van der Waals surface area contributed by atoms with E-state index in [1.807, 2.05) is 33.8 Å². The zero-order chi connectivity index (χ0) is 19.8. The first-order valence-electron chi connectivity index (χ1n) is 8.85. The zero-order valence-electron chi connectivity index (χ0n) is 15.9. The van der Waals surface area contributed by atoms with Crippen molar-refractivity contribution in [3.05, 3.63) is 53.6 Å². The molecule has 1 unspecified atom stereocenters. The third-order valence-corrected chi connectivity index (χ3v) is 6.11. The van der Waals surface area contributed by atoms with Gasteiger partial charge in [-0.3, -0.25) is 9.10 Å². The third-order valence-electron chi connectivity index (χ3n) is 4.32. The standard InChI is InChI=1S/C20H24N2O4S/c1-13(2)21-20(23)19-12-22(17-10-7-15(4)11-18(17)26-19)27(24,25)16-8-5-14(3)6-9-16/h5-11,13,19H,12H2,1-4H3,(H,21,23). The maximum Gasteiger partial charge on any atom is 0.264 e. The summed E-state index contributed by atoms with van der Waals surface area (Å²) in [5, 5.41) is 2.79. The topological polar surface area (TPSA) is 75.7 Å². The van der Waals surface area contributed by atoms with Gasteiger partial charge in [-0.25, -0.2) is 8.42 Å². The number of fused-ring (bicyclic) bond motifs is 1. The van der Waals surface area contributed by atoms with Gasteiger partial charge in [0.05, 0.1) is 17.1 Å². The average molecular weight is 388 g/mol. The van der Waals surface area contributed by atoms with E-state index >= 15 is 0 Å². The SMILES string of the molecule is Cc1ccc(S(=O)(=O)N2CC(C(=O)NC(C)C)Oc3cc(C)ccc32)cc1. The highest BCUT2D eigenvalue weighted by Gasteiger charge is 2.37. The van der Waals surface area contributed by atoms with Gasteiger partial charge in [0.15, 0.2) is 6.10 Å². The molecule has 0 saturated heterocycles. The number of carbonyl (C=O) groups excluding carboxylic acids is 1. The Kier molecular flexibility index (Phi) is 5.15. The first-order valence-corrected chi connectivity index (χ1v) is 10.3. The van der Waals surface area contributed by atoms with E-state index in [-0.39, 0.29) is 23.4 Å². The van der Waals surface area contributed by atoms with Crippen LogP contribution in [0.5, 0.6) is 5.75 Å². The second-order valence-corrected chi connectivity index (χ2v) is 8.95. The molecule has 1 atom stereocenters. The van der Waals surface area contributed by atoms with Crippen molar-refractivity contribution in [3.8, 4) is 5.75 Å². The number of benzene rings is 2. The number of aryl methyl sites for hydroxylation is 2. The molecular weight excluding hydrogens is 364 g/mol. The number of amides is 1. The first-order chi connectivity index (χ1) is 12.7. The van der Waals surface area contributed by atoms with Gasteiger partial charge in [0.1, 0.15) is 5.75 Å². The van der Waals surface area contributed by atoms with Gasteiger partial charge in [-0.05, 0) is 57.5 Å². The lowest BCUT2D eigenvalue weighted by molar-refractivity contribution is -0.128. The summed E-state index contributed by atoms with van der Waals surface area (Å²) in [6, 6.07) is 11.9. The summed E-state index contributed by atoms with van der Waals surface area (Å²) in [7, 11) is -3.83. The number of nitrogens with one attached hydrogen (secondary N) is 1. The molecule has 6 nitrogen and oxygen atoms in total. The number of sulfonamides is 1. The molecule has 1 heterocycles. The Morgan fingerprint density at radius 2 is 1.74 bits per heavy atom. The van der Waals surface area contributed by atoms with Gasteiger partial charge >= 0.3 is 0 Å². The molecule has 2 aromatic carbocycles. The Bertz CT molecular complexity index is 952. The van der Waals surface area contributed by atoms with Crippen LogP contribution in [0.4, 0.5) is 5.69 Å². The van der Waals surface area contributed by atoms with Crippen LogP contribution in [0.2, 0.25) is 0 Å². The average Bonchev–Trinajstić information content (AvgIpc) is 2.60. The molecule has 0 spiro atoms. The molecule has 0 radical (unpaired) electrons. The van der Waals surface area contributed by atoms with Crippen LogP contribution in [-0.2, 0) is 14.8 Å². The van der Waals surface area contributed by atoms with Crippen LogP contribution in [0.3, 0.4) is 0 Å². The van der Waals surface area contributed by atoms with Gasteiger partial charge in [0.25, 0.3) is 15.9 Å². The van der Waals surface area contributed by atoms with Crippen LogP contribution >= 0.6 is 0 Å². The van der Waals surface area contributed by atoms with Gasteiger partial charge in [-0.2, -0.15) is 0 Å². The second-order valence-electron chi connectivity index (χ2n) is 7.09. The van der Waals surface area contributed by atoms with E-state index in [1.54, 1.807) is 36.4 Å². The molecule has 0 saturated carbocycles. The van der Waals surface area contributed by atoms with Crippen molar-refractivity contribution in [2.75, 3.05) is 10.8 Å². The fourth-order valence-electron chi connectivity index (χ4n) is 2.94. The molecule has 144 valence electrons. The normalized spacial score (nSPS) is 16.6. The summed E-state index contributed by atoms with van der Waals surface area (Å²) in [5.41, 5.74) is 2.34. The van der Waals surface area contributed by atoms with E-state index in [4.69, 9.17) is 4.74 Å². The quantitative estimate of drug-likeness (QED) is 0.874. The number of nitrogens with zero attached hydrogens (tertiary/aromatic N) is 1. The van der Waals surface area contributed by atoms with Crippen LogP contribution in [0.15, 0.2) is 47.4 Å². The van der Waals surface area contributed by atoms with Crippen LogP contribution in [0.1, 0.15) is 25.0 Å². The summed E-state index contributed by atoms with van der Waals surface area (Å²) in [4.78, 5) is 12.7. The Balaban J connectivity index is 2.04. The van der Waals surface area contributed by atoms with Crippen LogP contribution < -0.4 is 14.4 Å². The van der Waals surface area contributed by atoms with E-state index in [0.29, 0.717) is 11.4 Å². The Morgan fingerprint density at radius 1 is 1.11 bits per heavy atom. The van der Waals surface area contributed by atoms with Gasteiger partial charge < -0.3 is 10.1 Å². The largest absolute Gasteiger partial charge is 0.476 e. The number of carbonyl (C=O) groups is 1. The van der Waals surface area contributed by atoms with E-state index in [0.717, 1.165) is 11.1 Å². The molecule has 1 aliphatic rings. The lowest BCUT2D eigenvalue weighted by Crippen LogP contribution is -2.51. The predicted octanol–water partition coefficient (Wildman–Crippen LogP) is 2.78. The van der Waals surface area contributed by atoms with E-state index in [9.17, 15) is 13.2 Å². The van der Waals surface area contributed by atoms with Crippen LogP contribution in [-0.4, -0.2) is 33.0 Å². The molecule has 3 rings (SSSR count). The summed E-state index contributed by atoms with van der Waals surface area (Å²) >= 11 is 0. The minimum atomic E-state index is -3.83. The lowest BCUT2D eigenvalue weighted by Gasteiger charge is -2.35. The number of hydrogen-bond acceptors (Lipinski definition) is 4. The zero-order valence-corrected chi connectivity index (χ0v) is 16.7. The van der Waals surface area contributed by atoms with Gasteiger partial charge in [0, 0.05) is 6.04 Å². The second kappa shape index (κ2) is 7.23. The summed E-state index contributed by atoms with van der Waals surface area (Å²) < 4.78 is 33.7. The van der Waals surface area contributed by atoms with E-state index in [1.165, 1.54) is 4.31 Å². The summed E-state index contributed by atoms with van der Waals surface area (Å²) in [6.07, 6.45) is -0.915. The monoisotopic (exact) mass is 388 g/mol. The molecule has 0 aromatic heterocycles. The number of anilines is 1. The minimum Gasteiger partial charge on any atom is -0.476 e. The molecule has 2 aromatic rings. The number of ether oxygens (including phenoxy) is 1. The van der Waals surface area contributed by atoms with Crippen molar-refractivity contribution in [2.24, 2.45) is 0 Å². The summed E-state index contributed by atoms with van der Waals surface area (Å²) in [5.74, 6) is 0.0575. The van der Waals surface area contributed by atoms with Crippen molar-refractivity contribution in [1.29, 1.82) is 0 Å². The molecule has 1 N–H and O–H groups in total. The molecule has 0 fully saturated rings. The van der Waals surface area contributed by atoms with Crippen LogP contribution in [0, 0.1) is 13.8 Å². The highest BCUT2D eigenvalue weighted by atomic mass is 32.2. The van der Waals surface area contributed by atoms with Gasteiger partial charge in [-0.15, -0.1) is 0 Å². The van der Waals surface area contributed by atoms with E-state index < -0.39 is 16.1 Å². The maximum atomic E-state index is 13.3. The molecule has 7 heteroatoms. The minimum absolute atomic E-state index is 0.0674. The van der Waals surface area contributed by atoms with Crippen molar-refractivity contribution >= 4 is 21.6 Å². The summed E-state index contributed by atoms with van der Waals surface area (Å²) in [6.45, 7) is 7.40. The third kappa shape index (κ3) is 3.93. The van der Waals surface area contributed by atoms with Crippen molar-refractivity contribution in [2.45, 2.75) is 44.7 Å². The van der Waals surface area contributed by atoms with Gasteiger partial charge in [-0.1, -0.05) is 23.8 Å². The van der Waals surface area contributed by atoms with Crippen molar-refractivity contribution in [1.82, 2.24) is 5.32 Å². The van der Waals surface area contributed by atoms with Crippen molar-refractivity contribution in [3.63, 3.8) is 0 Å². The molecule has 0 aliphatic carbocycles. The smallest absolute Gasteiger partial charge is 0.264 e.